The Bertz CT molecular complexity index is 588. The Kier molecular flexibility index (Phi) is 3.05. The molecule has 0 aliphatic heterocycles. The summed E-state index contributed by atoms with van der Waals surface area (Å²) in [6.07, 6.45) is 0. The molecule has 1 heterocycles. The highest BCUT2D eigenvalue weighted by Crippen LogP contribution is 2.12. The van der Waals surface area contributed by atoms with Crippen molar-refractivity contribution in [1.82, 2.24) is 15.4 Å². The first-order valence-corrected chi connectivity index (χ1v) is 5.16. The molecule has 4 N–H and O–H groups in total. The number of nitrogens with one attached hydrogen (secondary N) is 2. The molecule has 0 bridgehead atoms. The molecule has 2 rings (SSSR count). The van der Waals surface area contributed by atoms with E-state index in [1.165, 1.54) is 6.92 Å². The van der Waals surface area contributed by atoms with Crippen molar-refractivity contribution in [2.75, 3.05) is 11.1 Å². The third kappa shape index (κ3) is 2.34. The second kappa shape index (κ2) is 4.66. The number of anilines is 2. The molecule has 0 saturated carbocycles. The molecule has 1 aromatic carbocycles. The van der Waals surface area contributed by atoms with Crippen molar-refractivity contribution >= 4 is 23.2 Å². The largest absolute Gasteiger partial charge is 0.380 e. The third-order valence-corrected chi connectivity index (χ3v) is 2.34. The van der Waals surface area contributed by atoms with E-state index in [4.69, 9.17) is 5.73 Å². The van der Waals surface area contributed by atoms with Crippen molar-refractivity contribution < 1.29 is 9.59 Å². The van der Waals surface area contributed by atoms with E-state index in [0.29, 0.717) is 11.3 Å². The van der Waals surface area contributed by atoms with Crippen molar-refractivity contribution in [1.29, 1.82) is 0 Å². The number of aromatic amines is 1. The van der Waals surface area contributed by atoms with Crippen LogP contribution in [0.2, 0.25) is 0 Å². The first-order valence-electron chi connectivity index (χ1n) is 5.16. The fraction of sp³-hybridized carbons (Fsp3) is 0.0909. The molecular formula is C11H11N5O2. The molecule has 7 heteroatoms. The number of aromatic nitrogens is 3. The quantitative estimate of drug-likeness (QED) is 0.693. The molecule has 0 aliphatic carbocycles. The number of H-pyrrole nitrogens is 1. The number of amides is 1. The number of carbonyl (C=O) groups excluding carboxylic acids is 2. The van der Waals surface area contributed by atoms with E-state index in [-0.39, 0.29) is 17.3 Å². The number of hydrogen-bond acceptors (Lipinski definition) is 5. The zero-order valence-electron chi connectivity index (χ0n) is 9.60. The zero-order valence-corrected chi connectivity index (χ0v) is 9.60. The number of benzene rings is 1. The van der Waals surface area contributed by atoms with Gasteiger partial charge in [-0.05, 0) is 31.2 Å². The van der Waals surface area contributed by atoms with Gasteiger partial charge in [0.15, 0.2) is 17.3 Å². The number of nitrogens with two attached hydrogens (primary N) is 1. The Balaban J connectivity index is 2.13. The Labute approximate surface area is 102 Å². The lowest BCUT2D eigenvalue weighted by Gasteiger charge is -2.03. The predicted molar refractivity (Wildman–Crippen MR) is 65.2 cm³/mol. The predicted octanol–water partition coefficient (Wildman–Crippen LogP) is 0.842. The number of nitrogen functional groups attached to an aromatic ring is 1. The lowest BCUT2D eigenvalue weighted by atomic mass is 10.1. The van der Waals surface area contributed by atoms with E-state index in [0.717, 1.165) is 0 Å². The summed E-state index contributed by atoms with van der Waals surface area (Å²) >= 11 is 0. The molecule has 0 atom stereocenters. The zero-order chi connectivity index (χ0) is 13.1. The van der Waals surface area contributed by atoms with Gasteiger partial charge in [-0.25, -0.2) is 0 Å². The van der Waals surface area contributed by atoms with Crippen LogP contribution in [-0.2, 0) is 0 Å². The SMILES string of the molecule is CC(=O)c1ccc(NC(=O)c2n[nH]nc2N)cc1. The lowest BCUT2D eigenvalue weighted by molar-refractivity contribution is 0.101. The molecule has 1 aromatic heterocycles. The van der Waals surface area contributed by atoms with Crippen LogP contribution in [0.15, 0.2) is 24.3 Å². The minimum atomic E-state index is -0.461. The molecule has 0 aliphatic rings. The van der Waals surface area contributed by atoms with Crippen molar-refractivity contribution in [3.63, 3.8) is 0 Å². The normalized spacial score (nSPS) is 10.1. The fourth-order valence-electron chi connectivity index (χ4n) is 1.38. The van der Waals surface area contributed by atoms with Crippen LogP contribution < -0.4 is 11.1 Å². The molecule has 7 nitrogen and oxygen atoms in total. The van der Waals surface area contributed by atoms with Gasteiger partial charge in [-0.1, -0.05) is 0 Å². The van der Waals surface area contributed by atoms with Gasteiger partial charge < -0.3 is 11.1 Å². The van der Waals surface area contributed by atoms with Crippen molar-refractivity contribution in [3.8, 4) is 0 Å². The van der Waals surface area contributed by atoms with Crippen LogP contribution in [0.4, 0.5) is 11.5 Å². The number of carbonyl (C=O) groups is 2. The summed E-state index contributed by atoms with van der Waals surface area (Å²) in [5, 5.41) is 12.0. The average molecular weight is 245 g/mol. The standard InChI is InChI=1S/C11H11N5O2/c1-6(17)7-2-4-8(5-3-7)13-11(18)9-10(12)15-16-14-9/h2-5H,1H3,(H,13,18)(H3,12,14,15,16). The molecule has 0 radical (unpaired) electrons. The first kappa shape index (κ1) is 11.8. The molecule has 1 amide bonds. The van der Waals surface area contributed by atoms with Gasteiger partial charge in [-0.15, -0.1) is 10.2 Å². The summed E-state index contributed by atoms with van der Waals surface area (Å²) < 4.78 is 0. The van der Waals surface area contributed by atoms with Gasteiger partial charge in [0.1, 0.15) is 0 Å². The minimum absolute atomic E-state index is 0.0330. The molecular weight excluding hydrogens is 234 g/mol. The highest BCUT2D eigenvalue weighted by molar-refractivity contribution is 6.05. The lowest BCUT2D eigenvalue weighted by Crippen LogP contribution is -2.14. The topological polar surface area (TPSA) is 114 Å². The van der Waals surface area contributed by atoms with Gasteiger partial charge in [0.25, 0.3) is 5.91 Å². The second-order valence-electron chi connectivity index (χ2n) is 3.65. The second-order valence-corrected chi connectivity index (χ2v) is 3.65. The van der Waals surface area contributed by atoms with E-state index in [1.54, 1.807) is 24.3 Å². The number of nitrogens with zero attached hydrogens (tertiary/aromatic N) is 2. The summed E-state index contributed by atoms with van der Waals surface area (Å²) in [5.41, 5.74) is 6.61. The number of Topliss-reactive ketones (excluding diaryl/α,β-unsaturated/α-hetero) is 1. The van der Waals surface area contributed by atoms with E-state index >= 15 is 0 Å². The third-order valence-electron chi connectivity index (χ3n) is 2.34. The van der Waals surface area contributed by atoms with E-state index in [9.17, 15) is 9.59 Å². The summed E-state index contributed by atoms with van der Waals surface area (Å²) in [6.45, 7) is 1.48. The van der Waals surface area contributed by atoms with Crippen molar-refractivity contribution in [2.45, 2.75) is 6.92 Å². The maximum Gasteiger partial charge on any atom is 0.280 e. The average Bonchev–Trinajstić information content (AvgIpc) is 2.76. The highest BCUT2D eigenvalue weighted by atomic mass is 16.2. The minimum Gasteiger partial charge on any atom is -0.380 e. The first-order chi connectivity index (χ1) is 8.58. The molecule has 2 aromatic rings. The van der Waals surface area contributed by atoms with Crippen LogP contribution in [-0.4, -0.2) is 27.1 Å². The smallest absolute Gasteiger partial charge is 0.280 e. The maximum absolute atomic E-state index is 11.7. The fourth-order valence-corrected chi connectivity index (χ4v) is 1.38. The summed E-state index contributed by atoms with van der Waals surface area (Å²) in [4.78, 5) is 22.8. The summed E-state index contributed by atoms with van der Waals surface area (Å²) in [5.74, 6) is -0.460. The van der Waals surface area contributed by atoms with Crippen LogP contribution >= 0.6 is 0 Å². The Hall–Kier alpha value is -2.70. The molecule has 0 saturated heterocycles. The number of hydrogen-bond donors (Lipinski definition) is 3. The van der Waals surface area contributed by atoms with Crippen molar-refractivity contribution in [3.05, 3.63) is 35.5 Å². The van der Waals surface area contributed by atoms with Crippen LogP contribution in [0.3, 0.4) is 0 Å². The van der Waals surface area contributed by atoms with Gasteiger partial charge in [0, 0.05) is 11.3 Å². The van der Waals surface area contributed by atoms with Gasteiger partial charge in [0.2, 0.25) is 0 Å². The molecule has 0 spiro atoms. The molecule has 92 valence electrons. The van der Waals surface area contributed by atoms with Crippen LogP contribution in [0, 0.1) is 0 Å². The Morgan fingerprint density at radius 2 is 1.89 bits per heavy atom. The Morgan fingerprint density at radius 1 is 1.22 bits per heavy atom. The monoisotopic (exact) mass is 245 g/mol. The Morgan fingerprint density at radius 3 is 2.39 bits per heavy atom. The van der Waals surface area contributed by atoms with Gasteiger partial charge in [-0.2, -0.15) is 5.21 Å². The molecule has 18 heavy (non-hydrogen) atoms. The van der Waals surface area contributed by atoms with E-state index < -0.39 is 5.91 Å². The van der Waals surface area contributed by atoms with Crippen molar-refractivity contribution in [2.24, 2.45) is 0 Å². The van der Waals surface area contributed by atoms with Crippen LogP contribution in [0.5, 0.6) is 0 Å². The molecule has 0 fully saturated rings. The number of rotatable bonds is 3. The summed E-state index contributed by atoms with van der Waals surface area (Å²) in [7, 11) is 0. The van der Waals surface area contributed by atoms with Gasteiger partial charge in [-0.3, -0.25) is 9.59 Å². The van der Waals surface area contributed by atoms with Crippen LogP contribution in [0.1, 0.15) is 27.8 Å². The van der Waals surface area contributed by atoms with Crippen LogP contribution in [0.25, 0.3) is 0 Å². The highest BCUT2D eigenvalue weighted by Gasteiger charge is 2.14. The van der Waals surface area contributed by atoms with E-state index in [2.05, 4.69) is 20.7 Å². The van der Waals surface area contributed by atoms with Gasteiger partial charge in [0.05, 0.1) is 0 Å². The number of ketones is 1. The maximum atomic E-state index is 11.7. The summed E-state index contributed by atoms with van der Waals surface area (Å²) in [6, 6.07) is 6.52. The van der Waals surface area contributed by atoms with Gasteiger partial charge >= 0.3 is 0 Å². The molecule has 0 unspecified atom stereocenters. The van der Waals surface area contributed by atoms with E-state index in [1.807, 2.05) is 0 Å².